The van der Waals surface area contributed by atoms with Crippen molar-refractivity contribution in [2.45, 2.75) is 19.1 Å². The van der Waals surface area contributed by atoms with Crippen LogP contribution >= 0.6 is 0 Å². The zero-order valence-electron chi connectivity index (χ0n) is 14.7. The summed E-state index contributed by atoms with van der Waals surface area (Å²) in [6.45, 7) is 7.32. The number of rotatable bonds is 3. The first-order chi connectivity index (χ1) is 12.1. The molecule has 2 aromatic rings. The van der Waals surface area contributed by atoms with Gasteiger partial charge in [-0.1, -0.05) is 12.1 Å². The molecule has 0 saturated carbocycles. The van der Waals surface area contributed by atoms with Crippen molar-refractivity contribution in [3.8, 4) is 0 Å². The van der Waals surface area contributed by atoms with E-state index in [1.54, 1.807) is 0 Å². The van der Waals surface area contributed by atoms with Gasteiger partial charge >= 0.3 is 0 Å². The van der Waals surface area contributed by atoms with Crippen molar-refractivity contribution in [2.24, 2.45) is 0 Å². The van der Waals surface area contributed by atoms with Crippen molar-refractivity contribution >= 4 is 16.8 Å². The van der Waals surface area contributed by atoms with Crippen LogP contribution in [-0.4, -0.2) is 72.3 Å². The van der Waals surface area contributed by atoms with Gasteiger partial charge in [0, 0.05) is 44.4 Å². The maximum absolute atomic E-state index is 12.9. The molecule has 0 unspecified atom stereocenters. The van der Waals surface area contributed by atoms with E-state index < -0.39 is 5.60 Å². The Kier molecular flexibility index (Phi) is 4.50. The number of H-pyrrole nitrogens is 1. The summed E-state index contributed by atoms with van der Waals surface area (Å²) in [5.74, 6) is 0.0836. The fourth-order valence-electron chi connectivity index (χ4n) is 3.77. The highest BCUT2D eigenvalue weighted by Gasteiger charge is 2.42. The van der Waals surface area contributed by atoms with Gasteiger partial charge < -0.3 is 19.4 Å². The fraction of sp³-hybridized carbons (Fsp3) is 0.526. The Morgan fingerprint density at radius 3 is 2.88 bits per heavy atom. The molecule has 2 fully saturated rings. The monoisotopic (exact) mass is 343 g/mol. The van der Waals surface area contributed by atoms with Crippen LogP contribution in [0.2, 0.25) is 0 Å². The molecular weight excluding hydrogens is 318 g/mol. The molecule has 0 spiro atoms. The molecule has 0 bridgehead atoms. The number of amides is 1. The second-order valence-electron chi connectivity index (χ2n) is 7.09. The van der Waals surface area contributed by atoms with E-state index in [9.17, 15) is 4.79 Å². The summed E-state index contributed by atoms with van der Waals surface area (Å²) < 4.78 is 11.3. The summed E-state index contributed by atoms with van der Waals surface area (Å²) in [6, 6.07) is 8.56. The zero-order valence-corrected chi connectivity index (χ0v) is 14.7. The van der Waals surface area contributed by atoms with E-state index in [0.717, 1.165) is 18.6 Å². The molecule has 134 valence electrons. The lowest BCUT2D eigenvalue weighted by molar-refractivity contribution is -0.171. The highest BCUT2D eigenvalue weighted by atomic mass is 16.5. The van der Waals surface area contributed by atoms with Crippen molar-refractivity contribution in [3.63, 3.8) is 0 Å². The standard InChI is InChI=1S/C19H25N3O3/c1-19(18(23)22-7-9-24-10-8-22)14-21(6-11-25-19)13-15-2-3-16-4-5-20-17(16)12-15/h2-5,12,20H,6-11,13-14H2,1H3/t19-/m0/s1. The third kappa shape index (κ3) is 3.42. The maximum atomic E-state index is 12.9. The van der Waals surface area contributed by atoms with E-state index in [1.165, 1.54) is 10.9 Å². The number of benzene rings is 1. The number of ether oxygens (including phenoxy) is 2. The second-order valence-corrected chi connectivity index (χ2v) is 7.09. The highest BCUT2D eigenvalue weighted by Crippen LogP contribution is 2.23. The van der Waals surface area contributed by atoms with Crippen molar-refractivity contribution in [3.05, 3.63) is 36.0 Å². The van der Waals surface area contributed by atoms with Gasteiger partial charge in [0.15, 0.2) is 5.60 Å². The smallest absolute Gasteiger partial charge is 0.256 e. The van der Waals surface area contributed by atoms with E-state index in [0.29, 0.717) is 39.5 Å². The number of morpholine rings is 2. The minimum atomic E-state index is -0.772. The number of aromatic nitrogens is 1. The topological polar surface area (TPSA) is 57.8 Å². The number of nitrogens with one attached hydrogen (secondary N) is 1. The zero-order chi connectivity index (χ0) is 17.3. The fourth-order valence-corrected chi connectivity index (χ4v) is 3.77. The molecule has 2 aliphatic rings. The number of hydrogen-bond donors (Lipinski definition) is 1. The summed E-state index contributed by atoms with van der Waals surface area (Å²) in [5.41, 5.74) is 1.63. The SMILES string of the molecule is C[C@@]1(C(=O)N2CCOCC2)CN(Cc2ccc3cc[nH]c3c2)CCO1. The minimum absolute atomic E-state index is 0.0836. The number of carbonyl (C=O) groups excluding carboxylic acids is 1. The van der Waals surface area contributed by atoms with Gasteiger partial charge in [-0.05, 0) is 30.0 Å². The third-order valence-electron chi connectivity index (χ3n) is 5.13. The lowest BCUT2D eigenvalue weighted by Gasteiger charge is -2.42. The Labute approximate surface area is 147 Å². The first kappa shape index (κ1) is 16.6. The van der Waals surface area contributed by atoms with Gasteiger partial charge in [0.2, 0.25) is 0 Å². The van der Waals surface area contributed by atoms with Crippen LogP contribution in [-0.2, 0) is 20.8 Å². The van der Waals surface area contributed by atoms with Crippen LogP contribution in [0.25, 0.3) is 10.9 Å². The lowest BCUT2D eigenvalue weighted by atomic mass is 10.0. The van der Waals surface area contributed by atoms with Crippen molar-refractivity contribution in [2.75, 3.05) is 46.0 Å². The Morgan fingerprint density at radius 2 is 2.04 bits per heavy atom. The summed E-state index contributed by atoms with van der Waals surface area (Å²) in [5, 5.41) is 1.22. The molecular formula is C19H25N3O3. The van der Waals surface area contributed by atoms with Gasteiger partial charge in [-0.15, -0.1) is 0 Å². The molecule has 1 aromatic heterocycles. The molecule has 1 atom stereocenters. The molecule has 4 rings (SSSR count). The summed E-state index contributed by atoms with van der Waals surface area (Å²) in [4.78, 5) is 20.4. The Hall–Kier alpha value is -1.89. The molecule has 3 heterocycles. The molecule has 0 aliphatic carbocycles. The number of hydrogen-bond acceptors (Lipinski definition) is 4. The molecule has 2 saturated heterocycles. The first-order valence-corrected chi connectivity index (χ1v) is 8.93. The number of fused-ring (bicyclic) bond motifs is 1. The lowest BCUT2D eigenvalue weighted by Crippen LogP contribution is -2.60. The maximum Gasteiger partial charge on any atom is 0.256 e. The van der Waals surface area contributed by atoms with Crippen molar-refractivity contribution in [1.82, 2.24) is 14.8 Å². The van der Waals surface area contributed by atoms with Crippen LogP contribution in [0.4, 0.5) is 0 Å². The van der Waals surface area contributed by atoms with Crippen LogP contribution < -0.4 is 0 Å². The number of nitrogens with zero attached hydrogens (tertiary/aromatic N) is 2. The number of carbonyl (C=O) groups is 1. The van der Waals surface area contributed by atoms with Gasteiger partial charge in [-0.25, -0.2) is 0 Å². The van der Waals surface area contributed by atoms with Crippen LogP contribution in [0.15, 0.2) is 30.5 Å². The quantitative estimate of drug-likeness (QED) is 0.920. The van der Waals surface area contributed by atoms with Gasteiger partial charge in [0.05, 0.1) is 19.8 Å². The molecule has 1 N–H and O–H groups in total. The van der Waals surface area contributed by atoms with Gasteiger partial charge in [-0.2, -0.15) is 0 Å². The predicted octanol–water partition coefficient (Wildman–Crippen LogP) is 1.62. The average Bonchev–Trinajstić information content (AvgIpc) is 3.10. The van der Waals surface area contributed by atoms with Crippen molar-refractivity contribution in [1.29, 1.82) is 0 Å². The predicted molar refractivity (Wildman–Crippen MR) is 95.3 cm³/mol. The third-order valence-corrected chi connectivity index (χ3v) is 5.13. The van der Waals surface area contributed by atoms with Crippen LogP contribution in [0, 0.1) is 0 Å². The minimum Gasteiger partial charge on any atom is -0.378 e. The highest BCUT2D eigenvalue weighted by molar-refractivity contribution is 5.85. The first-order valence-electron chi connectivity index (χ1n) is 8.93. The second kappa shape index (κ2) is 6.78. The van der Waals surface area contributed by atoms with E-state index in [1.807, 2.05) is 18.0 Å². The molecule has 1 amide bonds. The number of aromatic amines is 1. The van der Waals surface area contributed by atoms with Crippen LogP contribution in [0.5, 0.6) is 0 Å². The largest absolute Gasteiger partial charge is 0.378 e. The van der Waals surface area contributed by atoms with Crippen molar-refractivity contribution < 1.29 is 14.3 Å². The van der Waals surface area contributed by atoms with Gasteiger partial charge in [-0.3, -0.25) is 9.69 Å². The summed E-state index contributed by atoms with van der Waals surface area (Å²) in [7, 11) is 0. The molecule has 25 heavy (non-hydrogen) atoms. The molecule has 1 aromatic carbocycles. The molecule has 0 radical (unpaired) electrons. The Bertz CT molecular complexity index is 753. The van der Waals surface area contributed by atoms with E-state index in [4.69, 9.17) is 9.47 Å². The normalized spacial score (nSPS) is 25.4. The van der Waals surface area contributed by atoms with Gasteiger partial charge in [0.25, 0.3) is 5.91 Å². The Balaban J connectivity index is 1.45. The molecule has 2 aliphatic heterocycles. The van der Waals surface area contributed by atoms with E-state index in [2.05, 4.69) is 34.1 Å². The van der Waals surface area contributed by atoms with Crippen LogP contribution in [0.3, 0.4) is 0 Å². The summed E-state index contributed by atoms with van der Waals surface area (Å²) in [6.07, 6.45) is 1.96. The van der Waals surface area contributed by atoms with E-state index >= 15 is 0 Å². The van der Waals surface area contributed by atoms with Crippen LogP contribution in [0.1, 0.15) is 12.5 Å². The average molecular weight is 343 g/mol. The summed E-state index contributed by atoms with van der Waals surface area (Å²) >= 11 is 0. The Morgan fingerprint density at radius 1 is 1.20 bits per heavy atom. The van der Waals surface area contributed by atoms with Gasteiger partial charge in [0.1, 0.15) is 0 Å². The van der Waals surface area contributed by atoms with E-state index in [-0.39, 0.29) is 5.91 Å². The molecule has 6 nitrogen and oxygen atoms in total. The molecule has 6 heteroatoms.